The minimum Gasteiger partial charge on any atom is -0.497 e. The second kappa shape index (κ2) is 8.54. The lowest BCUT2D eigenvalue weighted by Crippen LogP contribution is -2.42. The van der Waals surface area contributed by atoms with E-state index < -0.39 is 11.7 Å². The Morgan fingerprint density at radius 1 is 1.23 bits per heavy atom. The number of hydrogen-bond donors (Lipinski definition) is 2. The molecule has 1 aromatic heterocycles. The average Bonchev–Trinajstić information content (AvgIpc) is 2.72. The van der Waals surface area contributed by atoms with Gasteiger partial charge < -0.3 is 24.6 Å². The molecule has 2 N–H and O–H groups in total. The van der Waals surface area contributed by atoms with Gasteiger partial charge in [0, 0.05) is 22.9 Å². The fourth-order valence-corrected chi connectivity index (χ4v) is 4.77. The van der Waals surface area contributed by atoms with E-state index in [1.807, 2.05) is 39.0 Å². The highest BCUT2D eigenvalue weighted by Gasteiger charge is 2.38. The molecule has 0 radical (unpaired) electrons. The first-order chi connectivity index (χ1) is 14.7. The zero-order valence-electron chi connectivity index (χ0n) is 18.7. The number of nitrogens with zero attached hydrogens (tertiary/aromatic N) is 1. The van der Waals surface area contributed by atoms with Crippen molar-refractivity contribution in [3.8, 4) is 11.5 Å². The van der Waals surface area contributed by atoms with Gasteiger partial charge in [-0.3, -0.25) is 4.98 Å². The van der Waals surface area contributed by atoms with Crippen molar-refractivity contribution in [1.82, 2.24) is 10.3 Å². The smallest absolute Gasteiger partial charge is 0.407 e. The number of aliphatic hydroxyl groups excluding tert-OH is 1. The summed E-state index contributed by atoms with van der Waals surface area (Å²) in [4.78, 5) is 16.5. The van der Waals surface area contributed by atoms with Gasteiger partial charge in [0.2, 0.25) is 0 Å². The van der Waals surface area contributed by atoms with Gasteiger partial charge in [0.05, 0.1) is 31.5 Å². The van der Waals surface area contributed by atoms with Crippen LogP contribution in [0.25, 0.3) is 10.9 Å². The molecule has 2 heterocycles. The predicted octanol–water partition coefficient (Wildman–Crippen LogP) is 4.37. The third-order valence-electron chi connectivity index (χ3n) is 6.31. The van der Waals surface area contributed by atoms with Crippen molar-refractivity contribution in [2.75, 3.05) is 13.7 Å². The first kappa shape index (κ1) is 21.7. The summed E-state index contributed by atoms with van der Waals surface area (Å²) < 4.78 is 16.8. The quantitative estimate of drug-likeness (QED) is 0.755. The lowest BCUT2D eigenvalue weighted by atomic mass is 9.74. The highest BCUT2D eigenvalue weighted by atomic mass is 16.6. The number of aromatic nitrogens is 1. The van der Waals surface area contributed by atoms with Crippen molar-refractivity contribution < 1.29 is 24.1 Å². The third-order valence-corrected chi connectivity index (χ3v) is 6.31. The van der Waals surface area contributed by atoms with Gasteiger partial charge in [-0.2, -0.15) is 0 Å². The summed E-state index contributed by atoms with van der Waals surface area (Å²) in [6.45, 7) is 6.06. The molecule has 7 nitrogen and oxygen atoms in total. The number of ether oxygens (including phenoxy) is 3. The summed E-state index contributed by atoms with van der Waals surface area (Å²) in [5.74, 6) is 1.70. The Balaban J connectivity index is 1.45. The number of methoxy groups -OCH3 is 1. The fraction of sp³-hybridized carbons (Fsp3) is 0.583. The van der Waals surface area contributed by atoms with Crippen LogP contribution in [0.4, 0.5) is 4.79 Å². The first-order valence-corrected chi connectivity index (χ1v) is 11.0. The van der Waals surface area contributed by atoms with E-state index >= 15 is 0 Å². The van der Waals surface area contributed by atoms with Crippen molar-refractivity contribution in [3.05, 3.63) is 30.0 Å². The number of nitrogens with one attached hydrogen (secondary N) is 1. The maximum atomic E-state index is 12.1. The highest BCUT2D eigenvalue weighted by Crippen LogP contribution is 2.45. The average molecular weight is 429 g/mol. The molecule has 4 rings (SSSR count). The summed E-state index contributed by atoms with van der Waals surface area (Å²) in [5.41, 5.74) is 1.11. The number of benzene rings is 1. The van der Waals surface area contributed by atoms with Gasteiger partial charge in [-0.05, 0) is 70.6 Å². The molecule has 1 amide bonds. The van der Waals surface area contributed by atoms with Gasteiger partial charge in [0.1, 0.15) is 17.1 Å². The van der Waals surface area contributed by atoms with Gasteiger partial charge in [0.25, 0.3) is 0 Å². The maximum absolute atomic E-state index is 12.1. The van der Waals surface area contributed by atoms with Crippen LogP contribution in [-0.4, -0.2) is 41.5 Å². The molecule has 1 fully saturated rings. The van der Waals surface area contributed by atoms with Crippen molar-refractivity contribution in [2.45, 2.75) is 64.2 Å². The molecule has 1 saturated carbocycles. The summed E-state index contributed by atoms with van der Waals surface area (Å²) in [5, 5.41) is 15.2. The van der Waals surface area contributed by atoms with Crippen LogP contribution in [0, 0.1) is 11.8 Å². The van der Waals surface area contributed by atoms with Gasteiger partial charge >= 0.3 is 6.09 Å². The molecule has 2 atom stereocenters. The largest absolute Gasteiger partial charge is 0.497 e. The summed E-state index contributed by atoms with van der Waals surface area (Å²) >= 11 is 0. The van der Waals surface area contributed by atoms with E-state index in [0.29, 0.717) is 18.3 Å². The van der Waals surface area contributed by atoms with E-state index in [1.54, 1.807) is 13.3 Å². The third kappa shape index (κ3) is 4.71. The number of carbonyl (C=O) groups is 1. The van der Waals surface area contributed by atoms with E-state index in [4.69, 9.17) is 14.2 Å². The molecular weight excluding hydrogens is 396 g/mol. The summed E-state index contributed by atoms with van der Waals surface area (Å²) in [6, 6.07) is 5.79. The fourth-order valence-electron chi connectivity index (χ4n) is 4.77. The van der Waals surface area contributed by atoms with Crippen molar-refractivity contribution in [2.24, 2.45) is 11.8 Å². The summed E-state index contributed by atoms with van der Waals surface area (Å²) in [7, 11) is 1.63. The summed E-state index contributed by atoms with van der Waals surface area (Å²) in [6.07, 6.45) is 4.29. The van der Waals surface area contributed by atoms with Crippen LogP contribution in [0.1, 0.15) is 58.1 Å². The predicted molar refractivity (Wildman–Crippen MR) is 117 cm³/mol. The van der Waals surface area contributed by atoms with Crippen LogP contribution in [-0.2, 0) is 4.74 Å². The van der Waals surface area contributed by atoms with E-state index in [2.05, 4.69) is 10.3 Å². The van der Waals surface area contributed by atoms with Crippen molar-refractivity contribution >= 4 is 17.0 Å². The number of carbonyl (C=O) groups excluding carboxylic acids is 1. The lowest BCUT2D eigenvalue weighted by molar-refractivity contribution is 0.00455. The zero-order chi connectivity index (χ0) is 22.2. The van der Waals surface area contributed by atoms with Crippen molar-refractivity contribution in [3.63, 3.8) is 0 Å². The van der Waals surface area contributed by atoms with Gasteiger partial charge in [-0.15, -0.1) is 0 Å². The Kier molecular flexibility index (Phi) is 5.97. The number of amides is 1. The number of pyridine rings is 1. The van der Waals surface area contributed by atoms with E-state index in [9.17, 15) is 9.90 Å². The Morgan fingerprint density at radius 3 is 2.65 bits per heavy atom. The number of alkyl carbamates (subject to hydrolysis) is 1. The van der Waals surface area contributed by atoms with E-state index in [0.717, 1.165) is 47.9 Å². The number of fused-ring (bicyclic) bond motifs is 3. The monoisotopic (exact) mass is 428 g/mol. The topological polar surface area (TPSA) is 89.9 Å². The number of hydrogen-bond acceptors (Lipinski definition) is 6. The van der Waals surface area contributed by atoms with Gasteiger partial charge in [-0.1, -0.05) is 0 Å². The van der Waals surface area contributed by atoms with E-state index in [-0.39, 0.29) is 18.1 Å². The maximum Gasteiger partial charge on any atom is 0.407 e. The van der Waals surface area contributed by atoms with Crippen LogP contribution in [0.2, 0.25) is 0 Å². The standard InChI is InChI=1S/C24H32N2O5/c1-24(2,3)31-23(28)26-15-7-5-14(6-8-15)18-13-30-20-12-25-19-10-9-16(29-4)11-17(19)21(20)22(18)27/h9-12,14-15,18,22,27H,5-8,13H2,1-4H3,(H,26,28)/t14?,15?,18-,22-/m1/s1. The normalized spacial score (nSPS) is 26.0. The molecule has 2 aromatic rings. The van der Waals surface area contributed by atoms with Gasteiger partial charge in [0.15, 0.2) is 0 Å². The Hall–Kier alpha value is -2.54. The Bertz CT molecular complexity index is 942. The number of aliphatic hydroxyl groups is 1. The van der Waals surface area contributed by atoms with Gasteiger partial charge in [-0.25, -0.2) is 4.79 Å². The van der Waals surface area contributed by atoms with Crippen LogP contribution in [0.3, 0.4) is 0 Å². The molecule has 1 aromatic carbocycles. The molecule has 0 unspecified atom stereocenters. The molecule has 7 heteroatoms. The molecule has 0 bridgehead atoms. The van der Waals surface area contributed by atoms with Crippen molar-refractivity contribution in [1.29, 1.82) is 0 Å². The molecule has 1 aliphatic carbocycles. The molecular formula is C24H32N2O5. The first-order valence-electron chi connectivity index (χ1n) is 11.0. The van der Waals surface area contributed by atoms with Crippen LogP contribution < -0.4 is 14.8 Å². The van der Waals surface area contributed by atoms with Crippen LogP contribution in [0.15, 0.2) is 24.4 Å². The minimum atomic E-state index is -0.623. The second-order valence-corrected chi connectivity index (χ2v) is 9.60. The molecule has 168 valence electrons. The molecule has 2 aliphatic rings. The molecule has 0 spiro atoms. The highest BCUT2D eigenvalue weighted by molar-refractivity contribution is 5.86. The Morgan fingerprint density at radius 2 is 1.97 bits per heavy atom. The molecule has 31 heavy (non-hydrogen) atoms. The minimum absolute atomic E-state index is 0.00628. The SMILES string of the molecule is COc1ccc2ncc3c(c2c1)[C@H](O)[C@@H](C1CCC(NC(=O)OC(C)(C)C)CC1)CO3. The van der Waals surface area contributed by atoms with E-state index in [1.165, 1.54) is 0 Å². The number of rotatable bonds is 3. The van der Waals surface area contributed by atoms with Crippen LogP contribution in [0.5, 0.6) is 11.5 Å². The lowest BCUT2D eigenvalue weighted by Gasteiger charge is -2.39. The van der Waals surface area contributed by atoms with Crippen LogP contribution >= 0.6 is 0 Å². The zero-order valence-corrected chi connectivity index (χ0v) is 18.7. The Labute approximate surface area is 183 Å². The molecule has 1 aliphatic heterocycles. The second-order valence-electron chi connectivity index (χ2n) is 9.60. The molecule has 0 saturated heterocycles.